The number of carbonyl (C=O) groups is 1. The van der Waals surface area contributed by atoms with Crippen LogP contribution < -0.4 is 11.1 Å². The van der Waals surface area contributed by atoms with Gasteiger partial charge in [-0.3, -0.25) is 4.79 Å². The smallest absolute Gasteiger partial charge is 0.220 e. The highest BCUT2D eigenvalue weighted by Crippen LogP contribution is 2.16. The average molecular weight is 256 g/mol. The zero-order chi connectivity index (χ0) is 13.6. The lowest BCUT2D eigenvalue weighted by Gasteiger charge is -2.14. The predicted octanol–water partition coefficient (Wildman–Crippen LogP) is 2.20. The van der Waals surface area contributed by atoms with Crippen LogP contribution in [0.1, 0.15) is 45.4 Å². The summed E-state index contributed by atoms with van der Waals surface area (Å²) in [6.07, 6.45) is 7.13. The first kappa shape index (κ1) is 17.0. The molecule has 0 aliphatic carbocycles. The summed E-state index contributed by atoms with van der Waals surface area (Å²) >= 11 is 0. The van der Waals surface area contributed by atoms with Crippen LogP contribution in [0.3, 0.4) is 0 Å². The van der Waals surface area contributed by atoms with E-state index in [4.69, 9.17) is 10.5 Å². The maximum atomic E-state index is 11.6. The van der Waals surface area contributed by atoms with Gasteiger partial charge < -0.3 is 15.8 Å². The predicted molar refractivity (Wildman–Crippen MR) is 75.1 cm³/mol. The molecule has 0 saturated carbocycles. The second-order valence-corrected chi connectivity index (χ2v) is 4.51. The molecule has 0 aromatic heterocycles. The molecule has 0 heterocycles. The van der Waals surface area contributed by atoms with Gasteiger partial charge >= 0.3 is 0 Å². The Kier molecular flexibility index (Phi) is 11.7. The zero-order valence-electron chi connectivity index (χ0n) is 11.6. The van der Waals surface area contributed by atoms with Gasteiger partial charge in [0.05, 0.1) is 12.9 Å². The standard InChI is InChI=1S/C14H28N2O2/c1-3-6-13(9-10-15)7-8-14(17)16-11-5-12-18-4-2/h4,13H,2-3,5-12,15H2,1H3,(H,16,17). The summed E-state index contributed by atoms with van der Waals surface area (Å²) in [5, 5.41) is 2.90. The molecule has 0 aliphatic rings. The largest absolute Gasteiger partial charge is 0.502 e. The Morgan fingerprint density at radius 2 is 2.22 bits per heavy atom. The number of nitrogens with one attached hydrogen (secondary N) is 1. The van der Waals surface area contributed by atoms with Crippen molar-refractivity contribution in [1.29, 1.82) is 0 Å². The van der Waals surface area contributed by atoms with Crippen molar-refractivity contribution >= 4 is 5.91 Å². The van der Waals surface area contributed by atoms with Crippen LogP contribution in [0.15, 0.2) is 12.8 Å². The maximum Gasteiger partial charge on any atom is 0.220 e. The van der Waals surface area contributed by atoms with Gasteiger partial charge in [-0.15, -0.1) is 0 Å². The Morgan fingerprint density at radius 3 is 2.83 bits per heavy atom. The Bertz CT molecular complexity index is 214. The van der Waals surface area contributed by atoms with Crippen molar-refractivity contribution < 1.29 is 9.53 Å². The van der Waals surface area contributed by atoms with Crippen molar-refractivity contribution in [2.24, 2.45) is 11.7 Å². The number of carbonyl (C=O) groups excluding carboxylic acids is 1. The fourth-order valence-electron chi connectivity index (χ4n) is 1.97. The summed E-state index contributed by atoms with van der Waals surface area (Å²) in [4.78, 5) is 11.6. The molecule has 1 unspecified atom stereocenters. The second kappa shape index (κ2) is 12.4. The van der Waals surface area contributed by atoms with Gasteiger partial charge in [-0.1, -0.05) is 26.3 Å². The normalized spacial score (nSPS) is 11.9. The number of hydrogen-bond acceptors (Lipinski definition) is 3. The molecule has 1 atom stereocenters. The fraction of sp³-hybridized carbons (Fsp3) is 0.786. The van der Waals surface area contributed by atoms with Crippen molar-refractivity contribution in [1.82, 2.24) is 5.32 Å². The van der Waals surface area contributed by atoms with Crippen molar-refractivity contribution in [3.63, 3.8) is 0 Å². The summed E-state index contributed by atoms with van der Waals surface area (Å²) in [6, 6.07) is 0. The lowest BCUT2D eigenvalue weighted by atomic mass is 9.94. The molecular formula is C14H28N2O2. The highest BCUT2D eigenvalue weighted by molar-refractivity contribution is 5.75. The van der Waals surface area contributed by atoms with Crippen LogP contribution in [0.5, 0.6) is 0 Å². The first-order chi connectivity index (χ1) is 8.74. The van der Waals surface area contributed by atoms with Gasteiger partial charge in [-0.2, -0.15) is 0 Å². The molecule has 0 rings (SSSR count). The first-order valence-corrected chi connectivity index (χ1v) is 6.93. The second-order valence-electron chi connectivity index (χ2n) is 4.51. The van der Waals surface area contributed by atoms with Crippen LogP contribution in [0.2, 0.25) is 0 Å². The van der Waals surface area contributed by atoms with Crippen LogP contribution in [0, 0.1) is 5.92 Å². The van der Waals surface area contributed by atoms with E-state index in [0.29, 0.717) is 32.0 Å². The summed E-state index contributed by atoms with van der Waals surface area (Å²) in [6.45, 7) is 7.62. The molecule has 0 aliphatic heterocycles. The highest BCUT2D eigenvalue weighted by Gasteiger charge is 2.09. The molecule has 3 N–H and O–H groups in total. The van der Waals surface area contributed by atoms with Gasteiger partial charge in [-0.05, 0) is 31.7 Å². The Labute approximate surface area is 111 Å². The van der Waals surface area contributed by atoms with Crippen molar-refractivity contribution in [3.05, 3.63) is 12.8 Å². The van der Waals surface area contributed by atoms with Gasteiger partial charge in [0.1, 0.15) is 0 Å². The topological polar surface area (TPSA) is 64.3 Å². The molecule has 0 aromatic carbocycles. The summed E-state index contributed by atoms with van der Waals surface area (Å²) in [5.74, 6) is 0.724. The molecule has 0 saturated heterocycles. The van der Waals surface area contributed by atoms with Crippen molar-refractivity contribution in [2.75, 3.05) is 19.7 Å². The quantitative estimate of drug-likeness (QED) is 0.415. The van der Waals surface area contributed by atoms with E-state index in [9.17, 15) is 4.79 Å². The van der Waals surface area contributed by atoms with E-state index < -0.39 is 0 Å². The maximum absolute atomic E-state index is 11.6. The van der Waals surface area contributed by atoms with Gasteiger partial charge in [0.15, 0.2) is 0 Å². The third kappa shape index (κ3) is 10.1. The molecule has 0 aromatic rings. The van der Waals surface area contributed by atoms with Crippen LogP contribution in [0.4, 0.5) is 0 Å². The van der Waals surface area contributed by atoms with Gasteiger partial charge in [0.25, 0.3) is 0 Å². The Morgan fingerprint density at radius 1 is 1.44 bits per heavy atom. The Hall–Kier alpha value is -1.03. The Balaban J connectivity index is 3.57. The van der Waals surface area contributed by atoms with E-state index >= 15 is 0 Å². The molecule has 0 spiro atoms. The number of ether oxygens (including phenoxy) is 1. The molecule has 0 bridgehead atoms. The van der Waals surface area contributed by atoms with E-state index in [1.54, 1.807) is 0 Å². The molecular weight excluding hydrogens is 228 g/mol. The molecule has 106 valence electrons. The van der Waals surface area contributed by atoms with Crippen LogP contribution in [-0.2, 0) is 9.53 Å². The third-order valence-electron chi connectivity index (χ3n) is 2.93. The zero-order valence-corrected chi connectivity index (χ0v) is 11.6. The van der Waals surface area contributed by atoms with Crippen molar-refractivity contribution in [2.45, 2.75) is 45.4 Å². The van der Waals surface area contributed by atoms with Crippen LogP contribution >= 0.6 is 0 Å². The molecule has 4 heteroatoms. The molecule has 18 heavy (non-hydrogen) atoms. The molecule has 0 radical (unpaired) electrons. The molecule has 4 nitrogen and oxygen atoms in total. The number of hydrogen-bond donors (Lipinski definition) is 2. The van der Waals surface area contributed by atoms with Gasteiger partial charge in [0.2, 0.25) is 5.91 Å². The lowest BCUT2D eigenvalue weighted by Crippen LogP contribution is -2.25. The minimum atomic E-state index is 0.131. The number of amides is 1. The van der Waals surface area contributed by atoms with Gasteiger partial charge in [-0.25, -0.2) is 0 Å². The third-order valence-corrected chi connectivity index (χ3v) is 2.93. The fourth-order valence-corrected chi connectivity index (χ4v) is 1.97. The van der Waals surface area contributed by atoms with E-state index in [1.807, 2.05) is 0 Å². The van der Waals surface area contributed by atoms with E-state index in [-0.39, 0.29) is 5.91 Å². The van der Waals surface area contributed by atoms with E-state index in [0.717, 1.165) is 32.1 Å². The highest BCUT2D eigenvalue weighted by atomic mass is 16.5. The minimum Gasteiger partial charge on any atom is -0.502 e. The summed E-state index contributed by atoms with van der Waals surface area (Å²) in [7, 11) is 0. The van der Waals surface area contributed by atoms with Crippen LogP contribution in [0.25, 0.3) is 0 Å². The monoisotopic (exact) mass is 256 g/mol. The molecule has 1 amide bonds. The summed E-state index contributed by atoms with van der Waals surface area (Å²) in [5.41, 5.74) is 5.57. The van der Waals surface area contributed by atoms with E-state index in [1.165, 1.54) is 6.26 Å². The SMILES string of the molecule is C=COCCCNC(=O)CCC(CCC)CCN. The van der Waals surface area contributed by atoms with E-state index in [2.05, 4.69) is 18.8 Å². The van der Waals surface area contributed by atoms with Crippen LogP contribution in [-0.4, -0.2) is 25.6 Å². The number of nitrogens with two attached hydrogens (primary N) is 1. The van der Waals surface area contributed by atoms with Gasteiger partial charge in [0, 0.05) is 13.0 Å². The molecule has 0 fully saturated rings. The first-order valence-electron chi connectivity index (χ1n) is 6.93. The average Bonchev–Trinajstić information content (AvgIpc) is 2.36. The summed E-state index contributed by atoms with van der Waals surface area (Å²) < 4.78 is 4.98. The minimum absolute atomic E-state index is 0.131. The lowest BCUT2D eigenvalue weighted by molar-refractivity contribution is -0.121. The number of rotatable bonds is 12. The van der Waals surface area contributed by atoms with Crippen molar-refractivity contribution in [3.8, 4) is 0 Å².